The van der Waals surface area contributed by atoms with Crippen molar-refractivity contribution < 1.29 is 4.74 Å². The van der Waals surface area contributed by atoms with E-state index in [2.05, 4.69) is 36.1 Å². The molecule has 0 saturated carbocycles. The minimum atomic E-state index is 0.483. The van der Waals surface area contributed by atoms with E-state index < -0.39 is 0 Å². The van der Waals surface area contributed by atoms with E-state index in [0.717, 1.165) is 24.6 Å². The Balaban J connectivity index is 2.57. The van der Waals surface area contributed by atoms with Gasteiger partial charge < -0.3 is 10.1 Å². The van der Waals surface area contributed by atoms with Crippen molar-refractivity contribution in [3.05, 3.63) is 18.1 Å². The van der Waals surface area contributed by atoms with Gasteiger partial charge in [-0.05, 0) is 25.3 Å². The molecule has 1 N–H and O–H groups in total. The van der Waals surface area contributed by atoms with Crippen molar-refractivity contribution in [3.63, 3.8) is 0 Å². The summed E-state index contributed by atoms with van der Waals surface area (Å²) in [5.41, 5.74) is 1.04. The van der Waals surface area contributed by atoms with E-state index in [1.54, 1.807) is 13.4 Å². The van der Waals surface area contributed by atoms with E-state index >= 15 is 0 Å². The van der Waals surface area contributed by atoms with Crippen molar-refractivity contribution in [2.75, 3.05) is 13.7 Å². The maximum absolute atomic E-state index is 5.12. The first-order valence-electron chi connectivity index (χ1n) is 6.74. The molecule has 0 bridgehead atoms. The molecule has 18 heavy (non-hydrogen) atoms. The van der Waals surface area contributed by atoms with Gasteiger partial charge >= 0.3 is 0 Å². The third kappa shape index (κ3) is 5.45. The molecule has 1 aromatic heterocycles. The molecule has 4 nitrogen and oxygen atoms in total. The first-order chi connectivity index (χ1) is 8.65. The molecule has 0 amide bonds. The monoisotopic (exact) mass is 251 g/mol. The van der Waals surface area contributed by atoms with Crippen LogP contribution >= 0.6 is 0 Å². The molecule has 0 fully saturated rings. The van der Waals surface area contributed by atoms with E-state index in [1.807, 2.05) is 6.07 Å². The fourth-order valence-corrected chi connectivity index (χ4v) is 1.95. The molecule has 102 valence electrons. The average Bonchev–Trinajstić information content (AvgIpc) is 2.36. The second kappa shape index (κ2) is 8.03. The van der Waals surface area contributed by atoms with Crippen molar-refractivity contribution >= 4 is 0 Å². The molecule has 0 aliphatic heterocycles. The van der Waals surface area contributed by atoms with Gasteiger partial charge in [0.15, 0.2) is 0 Å². The van der Waals surface area contributed by atoms with Crippen LogP contribution in [0, 0.1) is 5.92 Å². The quantitative estimate of drug-likeness (QED) is 0.771. The first-order valence-corrected chi connectivity index (χ1v) is 6.74. The summed E-state index contributed by atoms with van der Waals surface area (Å²) >= 11 is 0. The number of methoxy groups -OCH3 is 1. The Morgan fingerprint density at radius 2 is 2.06 bits per heavy atom. The highest BCUT2D eigenvalue weighted by Crippen LogP contribution is 2.12. The summed E-state index contributed by atoms with van der Waals surface area (Å²) in [6.07, 6.45) is 4.91. The normalized spacial score (nSPS) is 12.7. The molecule has 1 aromatic rings. The van der Waals surface area contributed by atoms with Crippen LogP contribution in [-0.2, 0) is 6.42 Å². The van der Waals surface area contributed by atoms with Gasteiger partial charge in [-0.1, -0.05) is 20.8 Å². The number of hydrogen-bond donors (Lipinski definition) is 1. The molecule has 1 heterocycles. The number of hydrogen-bond acceptors (Lipinski definition) is 4. The van der Waals surface area contributed by atoms with Crippen molar-refractivity contribution in [2.45, 2.75) is 46.1 Å². The highest BCUT2D eigenvalue weighted by atomic mass is 16.5. The van der Waals surface area contributed by atoms with Crippen molar-refractivity contribution in [3.8, 4) is 5.88 Å². The maximum atomic E-state index is 5.12. The van der Waals surface area contributed by atoms with Crippen LogP contribution in [0.4, 0.5) is 0 Å². The molecule has 0 spiro atoms. The molecular formula is C14H25N3O. The van der Waals surface area contributed by atoms with Crippen molar-refractivity contribution in [1.82, 2.24) is 15.3 Å². The Morgan fingerprint density at radius 1 is 1.28 bits per heavy atom. The fraction of sp³-hybridized carbons (Fsp3) is 0.714. The lowest BCUT2D eigenvalue weighted by Crippen LogP contribution is -2.31. The largest absolute Gasteiger partial charge is 0.481 e. The first kappa shape index (κ1) is 14.9. The maximum Gasteiger partial charge on any atom is 0.216 e. The number of rotatable bonds is 8. The summed E-state index contributed by atoms with van der Waals surface area (Å²) in [4.78, 5) is 8.34. The van der Waals surface area contributed by atoms with E-state index in [1.165, 1.54) is 12.8 Å². The minimum absolute atomic E-state index is 0.483. The van der Waals surface area contributed by atoms with Gasteiger partial charge in [0.25, 0.3) is 0 Å². The van der Waals surface area contributed by atoms with E-state index in [0.29, 0.717) is 11.9 Å². The highest BCUT2D eigenvalue weighted by Gasteiger charge is 2.11. The van der Waals surface area contributed by atoms with Gasteiger partial charge in [-0.15, -0.1) is 0 Å². The number of nitrogens with one attached hydrogen (secondary N) is 1. The molecule has 1 unspecified atom stereocenters. The molecular weight excluding hydrogens is 226 g/mol. The number of ether oxygens (including phenoxy) is 1. The van der Waals surface area contributed by atoms with Crippen LogP contribution in [0.15, 0.2) is 12.4 Å². The molecule has 0 saturated heterocycles. The highest BCUT2D eigenvalue weighted by molar-refractivity contribution is 5.14. The van der Waals surface area contributed by atoms with Gasteiger partial charge in [-0.3, -0.25) is 0 Å². The molecule has 0 aromatic carbocycles. The molecule has 1 atom stereocenters. The molecule has 1 rings (SSSR count). The predicted molar refractivity (Wildman–Crippen MR) is 73.8 cm³/mol. The SMILES string of the molecule is CCNC(CCC(C)C)Cc1cc(OC)ncn1. The fourth-order valence-electron chi connectivity index (χ4n) is 1.95. The van der Waals surface area contributed by atoms with Crippen LogP contribution in [0.25, 0.3) is 0 Å². The minimum Gasteiger partial charge on any atom is -0.481 e. The van der Waals surface area contributed by atoms with E-state index in [-0.39, 0.29) is 0 Å². The van der Waals surface area contributed by atoms with Crippen LogP contribution in [0.5, 0.6) is 5.88 Å². The lowest BCUT2D eigenvalue weighted by molar-refractivity contribution is 0.393. The standard InChI is InChI=1S/C14H25N3O/c1-5-15-12(7-6-11(2)3)8-13-9-14(18-4)17-10-16-13/h9-12,15H,5-8H2,1-4H3. The van der Waals surface area contributed by atoms with Gasteiger partial charge in [0.1, 0.15) is 6.33 Å². The Kier molecular flexibility index (Phi) is 6.65. The smallest absolute Gasteiger partial charge is 0.216 e. The summed E-state index contributed by atoms with van der Waals surface area (Å²) in [6.45, 7) is 7.65. The Bertz CT molecular complexity index is 342. The Hall–Kier alpha value is -1.16. The van der Waals surface area contributed by atoms with Crippen molar-refractivity contribution in [1.29, 1.82) is 0 Å². The average molecular weight is 251 g/mol. The van der Waals surface area contributed by atoms with Gasteiger partial charge in [-0.25, -0.2) is 9.97 Å². The van der Waals surface area contributed by atoms with E-state index in [9.17, 15) is 0 Å². The lowest BCUT2D eigenvalue weighted by atomic mass is 10.00. The summed E-state index contributed by atoms with van der Waals surface area (Å²) in [7, 11) is 1.63. The van der Waals surface area contributed by atoms with Crippen LogP contribution in [0.3, 0.4) is 0 Å². The topological polar surface area (TPSA) is 47.0 Å². The Labute approximate surface area is 110 Å². The molecule has 0 aliphatic carbocycles. The van der Waals surface area contributed by atoms with Crippen LogP contribution < -0.4 is 10.1 Å². The zero-order chi connectivity index (χ0) is 13.4. The van der Waals surface area contributed by atoms with Gasteiger partial charge in [0.05, 0.1) is 7.11 Å². The number of aromatic nitrogens is 2. The van der Waals surface area contributed by atoms with Gasteiger partial charge in [-0.2, -0.15) is 0 Å². The summed E-state index contributed by atoms with van der Waals surface area (Å²) in [5.74, 6) is 1.38. The predicted octanol–water partition coefficient (Wildman–Crippen LogP) is 2.44. The Morgan fingerprint density at radius 3 is 2.67 bits per heavy atom. The van der Waals surface area contributed by atoms with Crippen LogP contribution in [0.1, 0.15) is 39.3 Å². The third-order valence-corrected chi connectivity index (χ3v) is 2.95. The number of nitrogens with zero attached hydrogens (tertiary/aromatic N) is 2. The second-order valence-corrected chi connectivity index (χ2v) is 4.98. The lowest BCUT2D eigenvalue weighted by Gasteiger charge is -2.18. The second-order valence-electron chi connectivity index (χ2n) is 4.98. The zero-order valence-electron chi connectivity index (χ0n) is 11.9. The molecule has 0 radical (unpaired) electrons. The summed E-state index contributed by atoms with van der Waals surface area (Å²) in [6, 6.07) is 2.40. The summed E-state index contributed by atoms with van der Waals surface area (Å²) < 4.78 is 5.12. The third-order valence-electron chi connectivity index (χ3n) is 2.95. The molecule has 0 aliphatic rings. The van der Waals surface area contributed by atoms with Gasteiger partial charge in [0, 0.05) is 24.2 Å². The van der Waals surface area contributed by atoms with Crippen molar-refractivity contribution in [2.24, 2.45) is 5.92 Å². The van der Waals surface area contributed by atoms with E-state index in [4.69, 9.17) is 4.74 Å². The number of likely N-dealkylation sites (N-methyl/N-ethyl adjacent to an activating group) is 1. The summed E-state index contributed by atoms with van der Waals surface area (Å²) in [5, 5.41) is 3.52. The van der Waals surface area contributed by atoms with Gasteiger partial charge in [0.2, 0.25) is 5.88 Å². The molecule has 4 heteroatoms. The van der Waals surface area contributed by atoms with Crippen LogP contribution in [-0.4, -0.2) is 29.7 Å². The zero-order valence-corrected chi connectivity index (χ0v) is 11.9. The van der Waals surface area contributed by atoms with Crippen LogP contribution in [0.2, 0.25) is 0 Å².